The fraction of sp³-hybridized carbons (Fsp3) is 0.583. The Morgan fingerprint density at radius 2 is 2.17 bits per heavy atom. The maximum Gasteiger partial charge on any atom is 0.332 e. The maximum atomic E-state index is 11.7. The van der Waals surface area contributed by atoms with Crippen molar-refractivity contribution in [1.29, 1.82) is 0 Å². The molecule has 0 N–H and O–H groups in total. The van der Waals surface area contributed by atoms with Gasteiger partial charge in [0.2, 0.25) is 5.91 Å². The molecular weight excluding hydrogens is 238 g/mol. The van der Waals surface area contributed by atoms with Crippen LogP contribution in [0.1, 0.15) is 20.3 Å². The van der Waals surface area contributed by atoms with E-state index in [1.54, 1.807) is 13.8 Å². The zero-order chi connectivity index (χ0) is 13.7. The number of ether oxygens (including phenoxy) is 2. The highest BCUT2D eigenvalue weighted by Gasteiger charge is 2.35. The minimum Gasteiger partial charge on any atom is -0.469 e. The molecular formula is C12H17NO5. The van der Waals surface area contributed by atoms with Gasteiger partial charge in [-0.05, 0) is 13.8 Å². The minimum atomic E-state index is -0.496. The Kier molecular flexibility index (Phi) is 4.88. The zero-order valence-corrected chi connectivity index (χ0v) is 10.8. The number of likely N-dealkylation sites (tertiary alicyclic amines) is 1. The molecule has 1 rings (SSSR count). The molecule has 1 fully saturated rings. The Hall–Kier alpha value is -1.85. The molecule has 1 unspecified atom stereocenters. The summed E-state index contributed by atoms with van der Waals surface area (Å²) in [6.07, 6.45) is 1.36. The molecule has 0 spiro atoms. The van der Waals surface area contributed by atoms with E-state index in [0.29, 0.717) is 5.70 Å². The number of esters is 2. The molecule has 0 bridgehead atoms. The number of rotatable bonds is 4. The molecule has 1 atom stereocenters. The molecule has 0 aliphatic carbocycles. The van der Waals surface area contributed by atoms with Gasteiger partial charge in [-0.2, -0.15) is 0 Å². The third-order valence-corrected chi connectivity index (χ3v) is 2.70. The second kappa shape index (κ2) is 6.18. The van der Waals surface area contributed by atoms with Crippen LogP contribution in [0.4, 0.5) is 0 Å². The van der Waals surface area contributed by atoms with E-state index in [-0.39, 0.29) is 25.5 Å². The molecule has 6 heteroatoms. The summed E-state index contributed by atoms with van der Waals surface area (Å²) in [5, 5.41) is 0. The average Bonchev–Trinajstić information content (AvgIpc) is 2.70. The van der Waals surface area contributed by atoms with E-state index in [0.717, 1.165) is 0 Å². The fourth-order valence-corrected chi connectivity index (χ4v) is 1.81. The van der Waals surface area contributed by atoms with Gasteiger partial charge in [-0.15, -0.1) is 0 Å². The maximum absolute atomic E-state index is 11.7. The van der Waals surface area contributed by atoms with Crippen LogP contribution in [0.3, 0.4) is 0 Å². The molecule has 1 saturated heterocycles. The second-order valence-corrected chi connectivity index (χ2v) is 3.97. The van der Waals surface area contributed by atoms with Crippen molar-refractivity contribution in [3.8, 4) is 0 Å². The number of amides is 1. The van der Waals surface area contributed by atoms with Crippen LogP contribution in [0.5, 0.6) is 0 Å². The molecule has 0 saturated carbocycles. The molecule has 1 aliphatic rings. The number of methoxy groups -OCH3 is 1. The standard InChI is InChI=1S/C12H17NO5/c1-4-18-11(15)5-8(2)13-7-9(6-10(13)14)12(16)17-3/h5,9H,4,6-7H2,1-3H3. The van der Waals surface area contributed by atoms with Crippen molar-refractivity contribution in [3.05, 3.63) is 11.8 Å². The van der Waals surface area contributed by atoms with Gasteiger partial charge < -0.3 is 14.4 Å². The van der Waals surface area contributed by atoms with Crippen molar-refractivity contribution in [3.63, 3.8) is 0 Å². The Morgan fingerprint density at radius 3 is 2.72 bits per heavy atom. The fourth-order valence-electron chi connectivity index (χ4n) is 1.81. The van der Waals surface area contributed by atoms with Crippen molar-refractivity contribution in [2.24, 2.45) is 5.92 Å². The predicted molar refractivity (Wildman–Crippen MR) is 62.2 cm³/mol. The van der Waals surface area contributed by atoms with Gasteiger partial charge in [-0.25, -0.2) is 4.79 Å². The summed E-state index contributed by atoms with van der Waals surface area (Å²) in [5.41, 5.74) is 0.477. The summed E-state index contributed by atoms with van der Waals surface area (Å²) in [5.74, 6) is -1.56. The highest BCUT2D eigenvalue weighted by molar-refractivity contribution is 5.89. The molecule has 0 aromatic rings. The molecule has 100 valence electrons. The van der Waals surface area contributed by atoms with Crippen LogP contribution in [0, 0.1) is 5.92 Å². The molecule has 0 aromatic heterocycles. The van der Waals surface area contributed by atoms with Crippen molar-refractivity contribution in [2.45, 2.75) is 20.3 Å². The predicted octanol–water partition coefficient (Wildman–Crippen LogP) is 0.475. The number of hydrogen-bond donors (Lipinski definition) is 0. The molecule has 1 aliphatic heterocycles. The lowest BCUT2D eigenvalue weighted by molar-refractivity contribution is -0.145. The lowest BCUT2D eigenvalue weighted by Crippen LogP contribution is -2.25. The van der Waals surface area contributed by atoms with Crippen molar-refractivity contribution in [2.75, 3.05) is 20.3 Å². The SMILES string of the molecule is CCOC(=O)C=C(C)N1CC(C(=O)OC)CC1=O. The Balaban J connectivity index is 2.70. The average molecular weight is 255 g/mol. The lowest BCUT2D eigenvalue weighted by Gasteiger charge is -2.16. The van der Waals surface area contributed by atoms with Crippen LogP contribution < -0.4 is 0 Å². The number of nitrogens with zero attached hydrogens (tertiary/aromatic N) is 1. The Labute approximate surface area is 106 Å². The highest BCUT2D eigenvalue weighted by atomic mass is 16.5. The molecule has 18 heavy (non-hydrogen) atoms. The van der Waals surface area contributed by atoms with Crippen LogP contribution in [0.15, 0.2) is 11.8 Å². The van der Waals surface area contributed by atoms with Crippen molar-refractivity contribution >= 4 is 17.8 Å². The van der Waals surface area contributed by atoms with Crippen LogP contribution in [-0.2, 0) is 23.9 Å². The van der Waals surface area contributed by atoms with Gasteiger partial charge in [0.15, 0.2) is 0 Å². The summed E-state index contributed by atoms with van der Waals surface area (Å²) in [6.45, 7) is 3.86. The van der Waals surface area contributed by atoms with E-state index in [9.17, 15) is 14.4 Å². The van der Waals surface area contributed by atoms with Gasteiger partial charge in [0.05, 0.1) is 19.6 Å². The number of allylic oxidation sites excluding steroid dienone is 1. The Bertz CT molecular complexity index is 388. The highest BCUT2D eigenvalue weighted by Crippen LogP contribution is 2.22. The molecule has 6 nitrogen and oxygen atoms in total. The second-order valence-electron chi connectivity index (χ2n) is 3.97. The summed E-state index contributed by atoms with van der Waals surface area (Å²) in [4.78, 5) is 35.7. The summed E-state index contributed by atoms with van der Waals surface area (Å²) in [7, 11) is 1.29. The van der Waals surface area contributed by atoms with Gasteiger partial charge in [0.25, 0.3) is 0 Å². The summed E-state index contributed by atoms with van der Waals surface area (Å²) < 4.78 is 9.36. The number of carbonyl (C=O) groups excluding carboxylic acids is 3. The first kappa shape index (κ1) is 14.2. The first-order chi connectivity index (χ1) is 8.49. The van der Waals surface area contributed by atoms with E-state index in [1.807, 2.05) is 0 Å². The van der Waals surface area contributed by atoms with Crippen LogP contribution in [-0.4, -0.2) is 43.0 Å². The number of carbonyl (C=O) groups is 3. The third kappa shape index (κ3) is 3.32. The van der Waals surface area contributed by atoms with Gasteiger partial charge in [-0.1, -0.05) is 0 Å². The van der Waals surface area contributed by atoms with Crippen molar-refractivity contribution < 1.29 is 23.9 Å². The van der Waals surface area contributed by atoms with Gasteiger partial charge >= 0.3 is 11.9 Å². The quantitative estimate of drug-likeness (QED) is 0.539. The zero-order valence-electron chi connectivity index (χ0n) is 10.8. The lowest BCUT2D eigenvalue weighted by atomic mass is 10.1. The first-order valence-electron chi connectivity index (χ1n) is 5.72. The smallest absolute Gasteiger partial charge is 0.332 e. The molecule has 0 aromatic carbocycles. The van der Waals surface area contributed by atoms with Crippen LogP contribution in [0.2, 0.25) is 0 Å². The number of hydrogen-bond acceptors (Lipinski definition) is 5. The van der Waals surface area contributed by atoms with E-state index >= 15 is 0 Å². The Morgan fingerprint density at radius 1 is 1.50 bits per heavy atom. The molecule has 0 radical (unpaired) electrons. The minimum absolute atomic E-state index is 0.112. The van der Waals surface area contributed by atoms with Crippen LogP contribution >= 0.6 is 0 Å². The normalized spacial score (nSPS) is 19.9. The molecule has 1 amide bonds. The van der Waals surface area contributed by atoms with Crippen molar-refractivity contribution in [1.82, 2.24) is 4.90 Å². The van der Waals surface area contributed by atoms with E-state index in [4.69, 9.17) is 4.74 Å². The van der Waals surface area contributed by atoms with E-state index < -0.39 is 17.9 Å². The largest absolute Gasteiger partial charge is 0.469 e. The molecule has 1 heterocycles. The summed E-state index contributed by atoms with van der Waals surface area (Å²) >= 11 is 0. The summed E-state index contributed by atoms with van der Waals surface area (Å²) in [6, 6.07) is 0. The van der Waals surface area contributed by atoms with Gasteiger partial charge in [0, 0.05) is 24.7 Å². The monoisotopic (exact) mass is 255 g/mol. The van der Waals surface area contributed by atoms with Gasteiger partial charge in [-0.3, -0.25) is 9.59 Å². The topological polar surface area (TPSA) is 72.9 Å². The van der Waals surface area contributed by atoms with Gasteiger partial charge in [0.1, 0.15) is 0 Å². The van der Waals surface area contributed by atoms with E-state index in [1.165, 1.54) is 18.1 Å². The first-order valence-corrected chi connectivity index (χ1v) is 5.72. The third-order valence-electron chi connectivity index (χ3n) is 2.70. The van der Waals surface area contributed by atoms with Crippen LogP contribution in [0.25, 0.3) is 0 Å². The van der Waals surface area contributed by atoms with E-state index in [2.05, 4.69) is 4.74 Å².